The van der Waals surface area contributed by atoms with Crippen LogP contribution in [0.3, 0.4) is 0 Å². The van der Waals surface area contributed by atoms with Crippen molar-refractivity contribution >= 4 is 45.7 Å². The molecular weight excluding hydrogens is 454 g/mol. The highest BCUT2D eigenvalue weighted by molar-refractivity contribution is 6.32. The summed E-state index contributed by atoms with van der Waals surface area (Å²) in [6.45, 7) is 2.36. The maximum absolute atomic E-state index is 14.0. The number of aromatic amines is 1. The first kappa shape index (κ1) is 22.3. The normalized spacial score (nSPS) is 12.2. The van der Waals surface area contributed by atoms with Gasteiger partial charge in [0, 0.05) is 29.5 Å². The molecule has 0 aliphatic heterocycles. The second-order valence-electron chi connectivity index (χ2n) is 7.33. The molecule has 0 bridgehead atoms. The van der Waals surface area contributed by atoms with Crippen molar-refractivity contribution in [2.75, 3.05) is 11.9 Å². The van der Waals surface area contributed by atoms with E-state index >= 15 is 0 Å². The second kappa shape index (κ2) is 9.68. The van der Waals surface area contributed by atoms with E-state index in [-0.39, 0.29) is 22.3 Å². The van der Waals surface area contributed by atoms with E-state index in [1.165, 1.54) is 12.1 Å². The Morgan fingerprint density at radius 3 is 2.78 bits per heavy atom. The highest BCUT2D eigenvalue weighted by atomic mass is 35.5. The number of anilines is 2. The molecule has 4 aromatic rings. The van der Waals surface area contributed by atoms with Crippen LogP contribution in [0.1, 0.15) is 24.5 Å². The van der Waals surface area contributed by atoms with Gasteiger partial charge in [-0.05, 0) is 53.9 Å². The molecule has 166 valence electrons. The van der Waals surface area contributed by atoms with E-state index in [1.807, 2.05) is 25.1 Å². The van der Waals surface area contributed by atoms with E-state index in [9.17, 15) is 4.39 Å². The van der Waals surface area contributed by atoms with Crippen LogP contribution in [0.4, 0.5) is 16.0 Å². The average Bonchev–Trinajstić information content (AvgIpc) is 3.14. The molecule has 0 saturated heterocycles. The van der Waals surface area contributed by atoms with Gasteiger partial charge in [-0.1, -0.05) is 24.6 Å². The molecule has 7 nitrogen and oxygen atoms in total. The van der Waals surface area contributed by atoms with Crippen LogP contribution in [0.2, 0.25) is 10.4 Å². The first-order valence-corrected chi connectivity index (χ1v) is 10.8. The van der Waals surface area contributed by atoms with Gasteiger partial charge in [-0.2, -0.15) is 5.10 Å². The summed E-state index contributed by atoms with van der Waals surface area (Å²) in [4.78, 5) is 7.94. The summed E-state index contributed by atoms with van der Waals surface area (Å²) in [7, 11) is 0. The van der Waals surface area contributed by atoms with Crippen molar-refractivity contribution in [2.45, 2.75) is 25.8 Å². The molecule has 2 aromatic carbocycles. The largest absolute Gasteiger partial charge is 0.492 e. The van der Waals surface area contributed by atoms with E-state index in [0.29, 0.717) is 30.4 Å². The number of hydrogen-bond acceptors (Lipinski definition) is 6. The van der Waals surface area contributed by atoms with E-state index in [0.717, 1.165) is 28.5 Å². The van der Waals surface area contributed by atoms with Gasteiger partial charge >= 0.3 is 0 Å². The Hall–Kier alpha value is -2.94. The maximum atomic E-state index is 14.0. The zero-order valence-corrected chi connectivity index (χ0v) is 18.7. The molecule has 4 rings (SSSR count). The van der Waals surface area contributed by atoms with Gasteiger partial charge in [0.2, 0.25) is 5.28 Å². The van der Waals surface area contributed by atoms with Crippen molar-refractivity contribution in [3.8, 4) is 5.75 Å². The van der Waals surface area contributed by atoms with E-state index in [1.54, 1.807) is 12.1 Å². The molecular formula is C22H21Cl2FN6O. The number of nitrogens with two attached hydrogens (primary N) is 1. The minimum Gasteiger partial charge on any atom is -0.492 e. The SMILES string of the molecule is CCC(N)COc1ccc(F)cc1Cc1ccc2[nH]nc(Nc3cc(Cl)nc(Cl)n3)c2c1. The smallest absolute Gasteiger partial charge is 0.225 e. The average molecular weight is 475 g/mol. The molecule has 10 heteroatoms. The molecule has 0 aliphatic carbocycles. The first-order valence-electron chi connectivity index (χ1n) is 10.0. The molecule has 0 saturated carbocycles. The summed E-state index contributed by atoms with van der Waals surface area (Å²) < 4.78 is 19.8. The number of H-pyrrole nitrogens is 1. The molecule has 4 N–H and O–H groups in total. The number of hydrogen-bond donors (Lipinski definition) is 3. The third-order valence-corrected chi connectivity index (χ3v) is 5.30. The number of ether oxygens (including phenoxy) is 1. The van der Waals surface area contributed by atoms with Crippen molar-refractivity contribution in [3.05, 3.63) is 69.8 Å². The van der Waals surface area contributed by atoms with Gasteiger partial charge in [-0.25, -0.2) is 14.4 Å². The molecule has 32 heavy (non-hydrogen) atoms. The monoisotopic (exact) mass is 474 g/mol. The first-order chi connectivity index (χ1) is 15.4. The standard InChI is InChI=1S/C22H21Cl2FN6O/c1-2-15(26)11-32-18-6-4-14(25)9-13(18)7-12-3-5-17-16(8-12)21(31-30-17)28-20-10-19(23)27-22(24)29-20/h3-6,8-10,15H,2,7,11,26H2,1H3,(H2,27,28,29,30,31). The van der Waals surface area contributed by atoms with E-state index in [2.05, 4.69) is 25.5 Å². The second-order valence-corrected chi connectivity index (χ2v) is 8.06. The minimum absolute atomic E-state index is 0.0296. The fraction of sp³-hybridized carbons (Fsp3) is 0.227. The third-order valence-electron chi connectivity index (χ3n) is 4.94. The highest BCUT2D eigenvalue weighted by Gasteiger charge is 2.12. The summed E-state index contributed by atoms with van der Waals surface area (Å²) >= 11 is 11.8. The zero-order chi connectivity index (χ0) is 22.7. The Kier molecular flexibility index (Phi) is 6.74. The van der Waals surface area contributed by atoms with Gasteiger partial charge in [0.1, 0.15) is 29.1 Å². The van der Waals surface area contributed by atoms with E-state index < -0.39 is 0 Å². The summed E-state index contributed by atoms with van der Waals surface area (Å²) in [6.07, 6.45) is 1.27. The molecule has 2 aromatic heterocycles. The molecule has 1 atom stereocenters. The van der Waals surface area contributed by atoms with Crippen LogP contribution >= 0.6 is 23.2 Å². The molecule has 0 radical (unpaired) electrons. The Morgan fingerprint density at radius 2 is 2.00 bits per heavy atom. The van der Waals surface area contributed by atoms with Crippen molar-refractivity contribution in [2.24, 2.45) is 5.73 Å². The molecule has 1 unspecified atom stereocenters. The minimum atomic E-state index is -0.323. The van der Waals surface area contributed by atoms with Gasteiger partial charge in [0.15, 0.2) is 5.82 Å². The highest BCUT2D eigenvalue weighted by Crippen LogP contribution is 2.28. The lowest BCUT2D eigenvalue weighted by atomic mass is 10.0. The van der Waals surface area contributed by atoms with Gasteiger partial charge in [0.25, 0.3) is 0 Å². The molecule has 0 aliphatic rings. The lowest BCUT2D eigenvalue weighted by molar-refractivity contribution is 0.283. The molecule has 2 heterocycles. The Labute approximate surface area is 194 Å². The van der Waals surface area contributed by atoms with Crippen LogP contribution in [0.15, 0.2) is 42.5 Å². The van der Waals surface area contributed by atoms with E-state index in [4.69, 9.17) is 33.7 Å². The summed E-state index contributed by atoms with van der Waals surface area (Å²) in [5.74, 6) is 1.27. The summed E-state index contributed by atoms with van der Waals surface area (Å²) in [6, 6.07) is 11.8. The van der Waals surface area contributed by atoms with Gasteiger partial charge in [0.05, 0.1) is 5.52 Å². The summed E-state index contributed by atoms with van der Waals surface area (Å²) in [5, 5.41) is 11.5. The van der Waals surface area contributed by atoms with Crippen LogP contribution in [-0.4, -0.2) is 32.8 Å². The maximum Gasteiger partial charge on any atom is 0.225 e. The molecule has 0 spiro atoms. The Morgan fingerprint density at radius 1 is 1.16 bits per heavy atom. The Bertz CT molecular complexity index is 1230. The van der Waals surface area contributed by atoms with Crippen LogP contribution in [0.25, 0.3) is 10.9 Å². The van der Waals surface area contributed by atoms with Crippen LogP contribution in [0.5, 0.6) is 5.75 Å². The van der Waals surface area contributed by atoms with Crippen LogP contribution in [0, 0.1) is 5.82 Å². The van der Waals surface area contributed by atoms with Gasteiger partial charge in [-0.3, -0.25) is 5.10 Å². The summed E-state index contributed by atoms with van der Waals surface area (Å²) in [5.41, 5.74) is 8.48. The zero-order valence-electron chi connectivity index (χ0n) is 17.2. The van der Waals surface area contributed by atoms with Gasteiger partial charge in [-0.15, -0.1) is 0 Å². The number of halogens is 3. The number of benzene rings is 2. The predicted molar refractivity (Wildman–Crippen MR) is 124 cm³/mol. The van der Waals surface area contributed by atoms with Crippen LogP contribution < -0.4 is 15.8 Å². The third kappa shape index (κ3) is 5.27. The number of nitrogens with zero attached hydrogens (tertiary/aromatic N) is 3. The lowest BCUT2D eigenvalue weighted by Crippen LogP contribution is -2.26. The fourth-order valence-electron chi connectivity index (χ4n) is 3.20. The lowest BCUT2D eigenvalue weighted by Gasteiger charge is -2.15. The number of rotatable bonds is 8. The predicted octanol–water partition coefficient (Wildman–Crippen LogP) is 5.25. The quantitative estimate of drug-likeness (QED) is 0.238. The van der Waals surface area contributed by atoms with Crippen LogP contribution in [-0.2, 0) is 6.42 Å². The molecule has 0 fully saturated rings. The van der Waals surface area contributed by atoms with Crippen molar-refractivity contribution in [1.29, 1.82) is 0 Å². The Balaban J connectivity index is 1.61. The van der Waals surface area contributed by atoms with Crippen molar-refractivity contribution in [3.63, 3.8) is 0 Å². The molecule has 0 amide bonds. The number of fused-ring (bicyclic) bond motifs is 1. The topological polar surface area (TPSA) is 102 Å². The fourth-order valence-corrected chi connectivity index (χ4v) is 3.61. The number of nitrogens with one attached hydrogen (secondary N) is 2. The number of aromatic nitrogens is 4. The van der Waals surface area contributed by atoms with Crippen molar-refractivity contribution in [1.82, 2.24) is 20.2 Å². The van der Waals surface area contributed by atoms with Crippen molar-refractivity contribution < 1.29 is 9.13 Å². The van der Waals surface area contributed by atoms with Gasteiger partial charge < -0.3 is 15.8 Å².